The molecule has 3 nitrogen and oxygen atoms in total. The molecule has 35 heavy (non-hydrogen) atoms. The Labute approximate surface area is 206 Å². The maximum Gasteiger partial charge on any atom is 0.148 e. The third-order valence-corrected chi connectivity index (χ3v) is 6.42. The van der Waals surface area contributed by atoms with E-state index >= 15 is 0 Å². The van der Waals surface area contributed by atoms with Gasteiger partial charge in [0.2, 0.25) is 0 Å². The second kappa shape index (κ2) is 9.34. The zero-order valence-electron chi connectivity index (χ0n) is 19.5. The summed E-state index contributed by atoms with van der Waals surface area (Å²) in [6.07, 6.45) is 10.7. The monoisotopic (exact) mass is 456 g/mol. The van der Waals surface area contributed by atoms with E-state index in [1.54, 1.807) is 0 Å². The molecule has 0 radical (unpaired) electrons. The molecule has 0 fully saturated rings. The predicted molar refractivity (Wildman–Crippen MR) is 139 cm³/mol. The van der Waals surface area contributed by atoms with Gasteiger partial charge in [-0.3, -0.25) is 0 Å². The third kappa shape index (κ3) is 4.10. The van der Waals surface area contributed by atoms with E-state index in [1.165, 1.54) is 11.1 Å². The molecule has 4 aromatic carbocycles. The van der Waals surface area contributed by atoms with Crippen LogP contribution in [-0.4, -0.2) is 13.2 Å². The standard InChI is InChI=1S/C32H24O3/c1-4-19-33-26-15-17-28-30(21-26)35-31-22-27(34-20-5-2)16-18-29(31)32(28,3)25-13-11-24(12-14-25)23-9-7-6-8-10-23/h1-2,6-18,21-22H,19-20H2,3H3. The number of fused-ring (bicyclic) bond motifs is 2. The van der Waals surface area contributed by atoms with E-state index < -0.39 is 5.41 Å². The molecule has 1 heterocycles. The fourth-order valence-corrected chi connectivity index (χ4v) is 4.63. The topological polar surface area (TPSA) is 27.7 Å². The van der Waals surface area contributed by atoms with Gasteiger partial charge in [-0.15, -0.1) is 12.8 Å². The van der Waals surface area contributed by atoms with Gasteiger partial charge in [0.05, 0.1) is 0 Å². The van der Waals surface area contributed by atoms with Gasteiger partial charge in [-0.05, 0) is 35.7 Å². The molecule has 170 valence electrons. The molecule has 4 aromatic rings. The average Bonchev–Trinajstić information content (AvgIpc) is 2.91. The molecule has 0 aliphatic carbocycles. The van der Waals surface area contributed by atoms with Gasteiger partial charge in [0.1, 0.15) is 36.2 Å². The van der Waals surface area contributed by atoms with Crippen LogP contribution in [0.5, 0.6) is 23.0 Å². The van der Waals surface area contributed by atoms with Gasteiger partial charge in [-0.1, -0.05) is 78.6 Å². The van der Waals surface area contributed by atoms with Crippen LogP contribution in [0.25, 0.3) is 11.1 Å². The molecular formula is C32H24O3. The van der Waals surface area contributed by atoms with Crippen LogP contribution >= 0.6 is 0 Å². The Hall–Kier alpha value is -4.60. The van der Waals surface area contributed by atoms with E-state index in [1.807, 2.05) is 30.3 Å². The summed E-state index contributed by atoms with van der Waals surface area (Å²) >= 11 is 0. The van der Waals surface area contributed by atoms with Crippen molar-refractivity contribution < 1.29 is 14.2 Å². The summed E-state index contributed by atoms with van der Waals surface area (Å²) in [4.78, 5) is 0. The van der Waals surface area contributed by atoms with Crippen LogP contribution in [0.4, 0.5) is 0 Å². The van der Waals surface area contributed by atoms with Crippen molar-refractivity contribution in [3.05, 3.63) is 108 Å². The Balaban J connectivity index is 1.63. The molecule has 0 spiro atoms. The lowest BCUT2D eigenvalue weighted by molar-refractivity contribution is 0.358. The molecule has 0 unspecified atom stereocenters. The second-order valence-corrected chi connectivity index (χ2v) is 8.47. The Morgan fingerprint density at radius 2 is 1.20 bits per heavy atom. The van der Waals surface area contributed by atoms with E-state index in [2.05, 4.69) is 79.4 Å². The molecule has 1 aliphatic heterocycles. The zero-order chi connectivity index (χ0) is 24.3. The first kappa shape index (κ1) is 22.2. The van der Waals surface area contributed by atoms with E-state index in [0.29, 0.717) is 11.5 Å². The van der Waals surface area contributed by atoms with Crippen molar-refractivity contribution in [1.29, 1.82) is 0 Å². The molecule has 0 aromatic heterocycles. The minimum absolute atomic E-state index is 0.192. The molecular weight excluding hydrogens is 432 g/mol. The fraction of sp³-hybridized carbons (Fsp3) is 0.125. The number of ether oxygens (including phenoxy) is 3. The highest BCUT2D eigenvalue weighted by molar-refractivity contribution is 5.68. The van der Waals surface area contributed by atoms with Crippen LogP contribution in [0, 0.1) is 24.7 Å². The molecule has 0 saturated heterocycles. The Bertz CT molecular complexity index is 1370. The summed E-state index contributed by atoms with van der Waals surface area (Å²) in [7, 11) is 0. The van der Waals surface area contributed by atoms with Crippen molar-refractivity contribution in [2.45, 2.75) is 12.3 Å². The summed E-state index contributed by atoms with van der Waals surface area (Å²) in [5.74, 6) is 7.76. The van der Waals surface area contributed by atoms with Gasteiger partial charge in [-0.25, -0.2) is 0 Å². The van der Waals surface area contributed by atoms with Gasteiger partial charge in [0.15, 0.2) is 0 Å². The highest BCUT2D eigenvalue weighted by Crippen LogP contribution is 2.53. The summed E-state index contributed by atoms with van der Waals surface area (Å²) in [6, 6.07) is 30.8. The minimum atomic E-state index is -0.465. The van der Waals surface area contributed by atoms with E-state index in [4.69, 9.17) is 27.1 Å². The fourth-order valence-electron chi connectivity index (χ4n) is 4.63. The largest absolute Gasteiger partial charge is 0.481 e. The summed E-state index contributed by atoms with van der Waals surface area (Å²) in [5, 5.41) is 0. The zero-order valence-corrected chi connectivity index (χ0v) is 19.5. The highest BCUT2D eigenvalue weighted by atomic mass is 16.5. The van der Waals surface area contributed by atoms with E-state index in [-0.39, 0.29) is 13.2 Å². The van der Waals surface area contributed by atoms with Crippen molar-refractivity contribution in [3.8, 4) is 58.8 Å². The lowest BCUT2D eigenvalue weighted by Crippen LogP contribution is -2.29. The molecule has 5 rings (SSSR count). The van der Waals surface area contributed by atoms with E-state index in [0.717, 1.165) is 28.2 Å². The number of hydrogen-bond donors (Lipinski definition) is 0. The van der Waals surface area contributed by atoms with Crippen molar-refractivity contribution in [2.75, 3.05) is 13.2 Å². The van der Waals surface area contributed by atoms with Crippen LogP contribution in [-0.2, 0) is 5.41 Å². The average molecular weight is 457 g/mol. The SMILES string of the molecule is C#CCOc1ccc2c(c1)Oc1cc(OCC#C)ccc1C2(C)c1ccc(-c2ccccc2)cc1. The number of hydrogen-bond acceptors (Lipinski definition) is 3. The molecule has 0 atom stereocenters. The Kier molecular flexibility index (Phi) is 5.92. The van der Waals surface area contributed by atoms with Gasteiger partial charge in [-0.2, -0.15) is 0 Å². The second-order valence-electron chi connectivity index (χ2n) is 8.47. The van der Waals surface area contributed by atoms with Crippen molar-refractivity contribution in [2.24, 2.45) is 0 Å². The maximum atomic E-state index is 6.37. The van der Waals surface area contributed by atoms with Gasteiger partial charge < -0.3 is 14.2 Å². The van der Waals surface area contributed by atoms with E-state index in [9.17, 15) is 0 Å². The molecule has 0 bridgehead atoms. The van der Waals surface area contributed by atoms with Gasteiger partial charge >= 0.3 is 0 Å². The van der Waals surface area contributed by atoms with Crippen LogP contribution in [0.15, 0.2) is 91.0 Å². The van der Waals surface area contributed by atoms with Crippen LogP contribution in [0.1, 0.15) is 23.6 Å². The normalized spacial score (nSPS) is 12.8. The van der Waals surface area contributed by atoms with Crippen LogP contribution in [0.2, 0.25) is 0 Å². The lowest BCUT2D eigenvalue weighted by atomic mass is 9.69. The van der Waals surface area contributed by atoms with Crippen LogP contribution in [0.3, 0.4) is 0 Å². The quantitative estimate of drug-likeness (QED) is 0.297. The molecule has 1 aliphatic rings. The molecule has 0 N–H and O–H groups in total. The Morgan fingerprint density at radius 3 is 1.71 bits per heavy atom. The molecule has 0 amide bonds. The molecule has 3 heteroatoms. The third-order valence-electron chi connectivity index (χ3n) is 6.42. The first-order chi connectivity index (χ1) is 17.1. The Morgan fingerprint density at radius 1 is 0.686 bits per heavy atom. The van der Waals surface area contributed by atoms with Crippen LogP contribution < -0.4 is 14.2 Å². The van der Waals surface area contributed by atoms with Gasteiger partial charge in [0, 0.05) is 28.7 Å². The molecule has 0 saturated carbocycles. The predicted octanol–water partition coefficient (Wildman–Crippen LogP) is 6.84. The first-order valence-corrected chi connectivity index (χ1v) is 11.4. The summed E-state index contributed by atoms with van der Waals surface area (Å²) in [5.41, 5.74) is 5.13. The summed E-state index contributed by atoms with van der Waals surface area (Å²) < 4.78 is 17.7. The van der Waals surface area contributed by atoms with Crippen molar-refractivity contribution >= 4 is 0 Å². The highest BCUT2D eigenvalue weighted by Gasteiger charge is 2.40. The smallest absolute Gasteiger partial charge is 0.148 e. The lowest BCUT2D eigenvalue weighted by Gasteiger charge is -2.38. The van der Waals surface area contributed by atoms with Crippen molar-refractivity contribution in [3.63, 3.8) is 0 Å². The number of benzene rings is 4. The number of rotatable bonds is 6. The number of terminal acetylenes is 2. The maximum absolute atomic E-state index is 6.37. The van der Waals surface area contributed by atoms with Gasteiger partial charge in [0.25, 0.3) is 0 Å². The minimum Gasteiger partial charge on any atom is -0.481 e. The van der Waals surface area contributed by atoms with Crippen molar-refractivity contribution in [1.82, 2.24) is 0 Å². The summed E-state index contributed by atoms with van der Waals surface area (Å²) in [6.45, 7) is 2.60. The first-order valence-electron chi connectivity index (χ1n) is 11.4.